The highest BCUT2D eigenvalue weighted by atomic mass is 16.5. The van der Waals surface area contributed by atoms with Gasteiger partial charge in [0.15, 0.2) is 0 Å². The maximum absolute atomic E-state index is 8.67. The maximum atomic E-state index is 8.67. The van der Waals surface area contributed by atoms with Crippen LogP contribution in [0.4, 0.5) is 0 Å². The minimum atomic E-state index is 0.0439. The topological polar surface area (TPSA) is 41.5 Å². The lowest BCUT2D eigenvalue weighted by Crippen LogP contribution is -2.14. The molecule has 0 aromatic heterocycles. The van der Waals surface area contributed by atoms with Crippen molar-refractivity contribution < 1.29 is 9.84 Å². The molecule has 0 fully saturated rings. The lowest BCUT2D eigenvalue weighted by molar-refractivity contribution is 0.199. The normalized spacial score (nSPS) is 12.5. The molecule has 0 aliphatic rings. The summed E-state index contributed by atoms with van der Waals surface area (Å²) in [6, 6.07) is 8.10. The molecule has 2 N–H and O–H groups in total. The number of benzene rings is 1. The average Bonchev–Trinajstić information content (AvgIpc) is 2.25. The second-order valence-corrected chi connectivity index (χ2v) is 3.12. The van der Waals surface area contributed by atoms with Gasteiger partial charge in [-0.2, -0.15) is 0 Å². The lowest BCUT2D eigenvalue weighted by Gasteiger charge is -2.15. The third-order valence-electron chi connectivity index (χ3n) is 2.17. The Morgan fingerprint density at radius 3 is 2.79 bits per heavy atom. The van der Waals surface area contributed by atoms with E-state index in [1.54, 1.807) is 0 Å². The molecule has 0 bridgehead atoms. The first-order valence-electron chi connectivity index (χ1n) is 4.79. The molecule has 1 aromatic carbocycles. The highest BCUT2D eigenvalue weighted by Crippen LogP contribution is 2.24. The van der Waals surface area contributed by atoms with E-state index < -0.39 is 0 Å². The number of hydrogen-bond acceptors (Lipinski definition) is 3. The van der Waals surface area contributed by atoms with Gasteiger partial charge in [0, 0.05) is 11.6 Å². The molecule has 3 nitrogen and oxygen atoms in total. The molecule has 0 spiro atoms. The largest absolute Gasteiger partial charge is 0.491 e. The molecular weight excluding hydrogens is 178 g/mol. The molecule has 1 aromatic rings. The number of rotatable bonds is 5. The first-order chi connectivity index (χ1) is 6.79. The van der Waals surface area contributed by atoms with Crippen molar-refractivity contribution in [2.45, 2.75) is 13.0 Å². The van der Waals surface area contributed by atoms with Crippen molar-refractivity contribution in [1.82, 2.24) is 5.32 Å². The fourth-order valence-corrected chi connectivity index (χ4v) is 1.28. The number of aliphatic hydroxyl groups is 1. The Bertz CT molecular complexity index is 276. The minimum absolute atomic E-state index is 0.0439. The van der Waals surface area contributed by atoms with Crippen LogP contribution in [0.1, 0.15) is 18.5 Å². The van der Waals surface area contributed by atoms with E-state index >= 15 is 0 Å². The molecule has 14 heavy (non-hydrogen) atoms. The van der Waals surface area contributed by atoms with Crippen LogP contribution in [0, 0.1) is 0 Å². The van der Waals surface area contributed by atoms with E-state index in [0.29, 0.717) is 6.61 Å². The zero-order chi connectivity index (χ0) is 10.4. The summed E-state index contributed by atoms with van der Waals surface area (Å²) in [5, 5.41) is 11.8. The summed E-state index contributed by atoms with van der Waals surface area (Å²) in [6.45, 7) is 2.46. The molecule has 78 valence electrons. The molecule has 3 heteroatoms. The molecule has 0 radical (unpaired) electrons. The van der Waals surface area contributed by atoms with E-state index in [1.165, 1.54) is 0 Å². The van der Waals surface area contributed by atoms with E-state index in [0.717, 1.165) is 11.3 Å². The van der Waals surface area contributed by atoms with Gasteiger partial charge < -0.3 is 15.2 Å². The molecule has 0 saturated carbocycles. The maximum Gasteiger partial charge on any atom is 0.124 e. The van der Waals surface area contributed by atoms with Crippen molar-refractivity contribution in [2.75, 3.05) is 20.3 Å². The van der Waals surface area contributed by atoms with Crippen molar-refractivity contribution >= 4 is 0 Å². The average molecular weight is 195 g/mol. The summed E-state index contributed by atoms with van der Waals surface area (Å²) < 4.78 is 5.42. The van der Waals surface area contributed by atoms with E-state index in [4.69, 9.17) is 9.84 Å². The van der Waals surface area contributed by atoms with Gasteiger partial charge >= 0.3 is 0 Å². The second-order valence-electron chi connectivity index (χ2n) is 3.12. The molecule has 0 aliphatic heterocycles. The Kier molecular flexibility index (Phi) is 4.43. The summed E-state index contributed by atoms with van der Waals surface area (Å²) in [6.07, 6.45) is 0. The van der Waals surface area contributed by atoms with Crippen LogP contribution in [-0.2, 0) is 0 Å². The summed E-state index contributed by atoms with van der Waals surface area (Å²) >= 11 is 0. The van der Waals surface area contributed by atoms with Crippen LogP contribution in [0.25, 0.3) is 0 Å². The Morgan fingerprint density at radius 1 is 1.43 bits per heavy atom. The van der Waals surface area contributed by atoms with Gasteiger partial charge in [0.1, 0.15) is 12.4 Å². The summed E-state index contributed by atoms with van der Waals surface area (Å²) in [5.74, 6) is 0.836. The summed E-state index contributed by atoms with van der Waals surface area (Å²) in [7, 11) is 1.91. The summed E-state index contributed by atoms with van der Waals surface area (Å²) in [4.78, 5) is 0. The zero-order valence-electron chi connectivity index (χ0n) is 8.66. The predicted octanol–water partition coefficient (Wildman–Crippen LogP) is 1.34. The van der Waals surface area contributed by atoms with Crippen LogP contribution in [0.2, 0.25) is 0 Å². The fourth-order valence-electron chi connectivity index (χ4n) is 1.28. The molecule has 0 heterocycles. The lowest BCUT2D eigenvalue weighted by atomic mass is 10.1. The van der Waals surface area contributed by atoms with Crippen molar-refractivity contribution in [2.24, 2.45) is 0 Å². The molecule has 0 aliphatic carbocycles. The minimum Gasteiger partial charge on any atom is -0.491 e. The van der Waals surface area contributed by atoms with Crippen LogP contribution >= 0.6 is 0 Å². The molecule has 0 saturated heterocycles. The van der Waals surface area contributed by atoms with Gasteiger partial charge in [0.25, 0.3) is 0 Å². The highest BCUT2D eigenvalue weighted by Gasteiger charge is 2.08. The monoisotopic (exact) mass is 195 g/mol. The Morgan fingerprint density at radius 2 is 2.14 bits per heavy atom. The molecule has 1 rings (SSSR count). The van der Waals surface area contributed by atoms with E-state index in [2.05, 4.69) is 12.2 Å². The van der Waals surface area contributed by atoms with Gasteiger partial charge in [-0.1, -0.05) is 18.2 Å². The predicted molar refractivity (Wildman–Crippen MR) is 56.5 cm³/mol. The van der Waals surface area contributed by atoms with Gasteiger partial charge in [0.05, 0.1) is 6.61 Å². The molecular formula is C11H17NO2. The number of hydrogen-bond donors (Lipinski definition) is 2. The van der Waals surface area contributed by atoms with Gasteiger partial charge in [0.2, 0.25) is 0 Å². The third kappa shape index (κ3) is 2.72. The van der Waals surface area contributed by atoms with Crippen molar-refractivity contribution in [3.05, 3.63) is 29.8 Å². The third-order valence-corrected chi connectivity index (χ3v) is 2.17. The molecule has 1 atom stereocenters. The van der Waals surface area contributed by atoms with Gasteiger partial charge in [-0.25, -0.2) is 0 Å². The van der Waals surface area contributed by atoms with E-state index in [-0.39, 0.29) is 12.6 Å². The SMILES string of the molecule is CNC(C)c1ccccc1OCCO. The van der Waals surface area contributed by atoms with Crippen LogP contribution < -0.4 is 10.1 Å². The van der Waals surface area contributed by atoms with Gasteiger partial charge in [-0.3, -0.25) is 0 Å². The number of aliphatic hydroxyl groups excluding tert-OH is 1. The Balaban J connectivity index is 2.79. The number of para-hydroxylation sites is 1. The zero-order valence-corrected chi connectivity index (χ0v) is 8.66. The first kappa shape index (κ1) is 11.0. The van der Waals surface area contributed by atoms with Crippen molar-refractivity contribution in [3.63, 3.8) is 0 Å². The van der Waals surface area contributed by atoms with Crippen LogP contribution in [-0.4, -0.2) is 25.4 Å². The molecule has 1 unspecified atom stereocenters. The summed E-state index contributed by atoms with van der Waals surface area (Å²) in [5.41, 5.74) is 1.11. The highest BCUT2D eigenvalue weighted by molar-refractivity contribution is 5.35. The molecule has 0 amide bonds. The van der Waals surface area contributed by atoms with E-state index in [9.17, 15) is 0 Å². The second kappa shape index (κ2) is 5.62. The Hall–Kier alpha value is -1.06. The van der Waals surface area contributed by atoms with Gasteiger partial charge in [-0.15, -0.1) is 0 Å². The number of nitrogens with one attached hydrogen (secondary N) is 1. The quantitative estimate of drug-likeness (QED) is 0.745. The standard InChI is InChI=1S/C11H17NO2/c1-9(12-2)10-5-3-4-6-11(10)14-8-7-13/h3-6,9,12-13H,7-8H2,1-2H3. The van der Waals surface area contributed by atoms with Crippen LogP contribution in [0.15, 0.2) is 24.3 Å². The van der Waals surface area contributed by atoms with E-state index in [1.807, 2.05) is 31.3 Å². The van der Waals surface area contributed by atoms with Crippen LogP contribution in [0.3, 0.4) is 0 Å². The Labute approximate surface area is 84.7 Å². The van der Waals surface area contributed by atoms with Gasteiger partial charge in [-0.05, 0) is 20.0 Å². The fraction of sp³-hybridized carbons (Fsp3) is 0.455. The van der Waals surface area contributed by atoms with Crippen LogP contribution in [0.5, 0.6) is 5.75 Å². The first-order valence-corrected chi connectivity index (χ1v) is 4.79. The smallest absolute Gasteiger partial charge is 0.124 e. The number of ether oxygens (including phenoxy) is 1. The van der Waals surface area contributed by atoms with Crippen molar-refractivity contribution in [1.29, 1.82) is 0 Å². The van der Waals surface area contributed by atoms with Crippen molar-refractivity contribution in [3.8, 4) is 5.75 Å².